The molecule has 0 spiro atoms. The molecule has 9 heteroatoms. The topological polar surface area (TPSA) is 116 Å². The summed E-state index contributed by atoms with van der Waals surface area (Å²) in [5.74, 6) is 0.0821. The maximum Gasteiger partial charge on any atom is 0.241 e. The molecule has 3 N–H and O–H groups in total. The second kappa shape index (κ2) is 5.82. The number of benzene rings is 1. The Kier molecular flexibility index (Phi) is 4.91. The highest BCUT2D eigenvalue weighted by molar-refractivity contribution is 7.94. The molecule has 0 aliphatic rings. The van der Waals surface area contributed by atoms with E-state index >= 15 is 0 Å². The summed E-state index contributed by atoms with van der Waals surface area (Å²) < 4.78 is 53.7. The van der Waals surface area contributed by atoms with Crippen LogP contribution in [0.25, 0.3) is 0 Å². The van der Waals surface area contributed by atoms with E-state index in [1.165, 1.54) is 32.9 Å². The highest BCUT2D eigenvalue weighted by Gasteiger charge is 2.29. The number of rotatable bonds is 5. The monoisotopic (exact) mass is 336 g/mol. The Morgan fingerprint density at radius 2 is 1.76 bits per heavy atom. The fraction of sp³-hybridized carbons (Fsp3) is 0.500. The molecule has 0 bridgehead atoms. The Balaban J connectivity index is 3.31. The zero-order valence-corrected chi connectivity index (χ0v) is 14.0. The molecular weight excluding hydrogens is 316 g/mol. The van der Waals surface area contributed by atoms with Crippen molar-refractivity contribution in [2.45, 2.75) is 37.3 Å². The van der Waals surface area contributed by atoms with E-state index in [1.807, 2.05) is 0 Å². The van der Waals surface area contributed by atoms with E-state index in [4.69, 9.17) is 9.88 Å². The van der Waals surface area contributed by atoms with Gasteiger partial charge in [-0.05, 0) is 45.9 Å². The molecule has 1 aromatic rings. The van der Waals surface area contributed by atoms with Crippen molar-refractivity contribution in [3.8, 4) is 5.75 Å². The lowest BCUT2D eigenvalue weighted by Gasteiger charge is -2.21. The van der Waals surface area contributed by atoms with Gasteiger partial charge in [0.1, 0.15) is 10.6 Å². The van der Waals surface area contributed by atoms with Gasteiger partial charge in [-0.1, -0.05) is 0 Å². The van der Waals surface area contributed by atoms with Crippen LogP contribution in [0.1, 0.15) is 27.7 Å². The molecular formula is C12H20N2O5S2. The summed E-state index contributed by atoms with van der Waals surface area (Å²) in [5.41, 5.74) is 0.109. The van der Waals surface area contributed by atoms with Crippen molar-refractivity contribution in [2.75, 3.05) is 11.3 Å². The first-order valence-corrected chi connectivity index (χ1v) is 9.23. The average Bonchev–Trinajstić information content (AvgIpc) is 2.28. The molecule has 0 amide bonds. The van der Waals surface area contributed by atoms with Crippen LogP contribution in [0.15, 0.2) is 23.1 Å². The highest BCUT2D eigenvalue weighted by atomic mass is 32.2. The molecule has 0 aliphatic heterocycles. The predicted molar refractivity (Wildman–Crippen MR) is 81.3 cm³/mol. The molecule has 0 unspecified atom stereocenters. The normalized spacial score (nSPS) is 13.0. The van der Waals surface area contributed by atoms with Crippen LogP contribution in [0, 0.1) is 0 Å². The van der Waals surface area contributed by atoms with Gasteiger partial charge in [0.15, 0.2) is 0 Å². The van der Waals surface area contributed by atoms with Crippen molar-refractivity contribution in [1.29, 1.82) is 0 Å². The van der Waals surface area contributed by atoms with Crippen LogP contribution >= 0.6 is 0 Å². The van der Waals surface area contributed by atoms with Crippen LogP contribution in [0.2, 0.25) is 0 Å². The van der Waals surface area contributed by atoms with E-state index in [0.29, 0.717) is 0 Å². The van der Waals surface area contributed by atoms with E-state index in [0.717, 1.165) is 6.07 Å². The Morgan fingerprint density at radius 3 is 2.19 bits per heavy atom. The lowest BCUT2D eigenvalue weighted by atomic mass is 10.3. The summed E-state index contributed by atoms with van der Waals surface area (Å²) in [6.07, 6.45) is 0. The number of anilines is 1. The number of ether oxygens (including phenoxy) is 1. The maximum atomic E-state index is 12.1. The molecule has 120 valence electrons. The standard InChI is InChI=1S/C12H20N2O5S2/c1-5-19-10-7-6-9(8-11(10)20(13,15)16)14-21(17,18)12(2,3)4/h6-8,14H,5H2,1-4H3,(H2,13,15,16). The number of primary sulfonamides is 1. The Bertz CT molecular complexity index is 719. The molecule has 0 radical (unpaired) electrons. The maximum absolute atomic E-state index is 12.1. The molecule has 0 aromatic heterocycles. The number of sulfonamides is 2. The zero-order chi connectivity index (χ0) is 16.5. The summed E-state index contributed by atoms with van der Waals surface area (Å²) in [7, 11) is -7.69. The zero-order valence-electron chi connectivity index (χ0n) is 12.4. The average molecular weight is 336 g/mol. The van der Waals surface area contributed by atoms with Gasteiger partial charge in [-0.15, -0.1) is 0 Å². The lowest BCUT2D eigenvalue weighted by Crippen LogP contribution is -2.33. The van der Waals surface area contributed by atoms with Crippen LogP contribution in [-0.2, 0) is 20.0 Å². The number of nitrogens with one attached hydrogen (secondary N) is 1. The summed E-state index contributed by atoms with van der Waals surface area (Å²) in [5, 5.41) is 5.12. The third-order valence-electron chi connectivity index (χ3n) is 2.61. The highest BCUT2D eigenvalue weighted by Crippen LogP contribution is 2.28. The molecule has 0 saturated heterocycles. The van der Waals surface area contributed by atoms with Gasteiger partial charge < -0.3 is 4.74 Å². The minimum atomic E-state index is -4.03. The number of hydrogen-bond acceptors (Lipinski definition) is 5. The van der Waals surface area contributed by atoms with Crippen molar-refractivity contribution in [2.24, 2.45) is 5.14 Å². The van der Waals surface area contributed by atoms with Crippen molar-refractivity contribution in [3.05, 3.63) is 18.2 Å². The first kappa shape index (κ1) is 17.7. The van der Waals surface area contributed by atoms with Gasteiger partial charge in [-0.3, -0.25) is 4.72 Å². The van der Waals surface area contributed by atoms with Gasteiger partial charge in [0.2, 0.25) is 20.0 Å². The number of hydrogen-bond donors (Lipinski definition) is 2. The molecule has 21 heavy (non-hydrogen) atoms. The SMILES string of the molecule is CCOc1ccc(NS(=O)(=O)C(C)(C)C)cc1S(N)(=O)=O. The van der Waals surface area contributed by atoms with Crippen molar-refractivity contribution in [1.82, 2.24) is 0 Å². The van der Waals surface area contributed by atoms with Crippen LogP contribution in [0.4, 0.5) is 5.69 Å². The summed E-state index contributed by atoms with van der Waals surface area (Å²) in [4.78, 5) is -0.265. The second-order valence-electron chi connectivity index (χ2n) is 5.36. The van der Waals surface area contributed by atoms with Gasteiger partial charge in [-0.2, -0.15) is 0 Å². The molecule has 1 rings (SSSR count). The minimum Gasteiger partial charge on any atom is -0.492 e. The molecule has 0 fully saturated rings. The van der Waals surface area contributed by atoms with Crippen LogP contribution < -0.4 is 14.6 Å². The van der Waals surface area contributed by atoms with Gasteiger partial charge in [0.25, 0.3) is 0 Å². The van der Waals surface area contributed by atoms with E-state index in [9.17, 15) is 16.8 Å². The summed E-state index contributed by atoms with van der Waals surface area (Å²) in [6, 6.07) is 3.93. The van der Waals surface area contributed by atoms with Crippen molar-refractivity contribution in [3.63, 3.8) is 0 Å². The first-order valence-electron chi connectivity index (χ1n) is 6.20. The predicted octanol–water partition coefficient (Wildman–Crippen LogP) is 1.27. The van der Waals surface area contributed by atoms with Crippen LogP contribution in [-0.4, -0.2) is 28.2 Å². The first-order chi connectivity index (χ1) is 9.38. The fourth-order valence-corrected chi connectivity index (χ4v) is 2.82. The fourth-order valence-electron chi connectivity index (χ4n) is 1.38. The summed E-state index contributed by atoms with van der Waals surface area (Å²) in [6.45, 7) is 6.55. The molecule has 0 atom stereocenters. The molecule has 0 aliphatic carbocycles. The largest absolute Gasteiger partial charge is 0.492 e. The lowest BCUT2D eigenvalue weighted by molar-refractivity contribution is 0.331. The molecule has 1 aromatic carbocycles. The third kappa shape index (κ3) is 4.32. The number of nitrogens with two attached hydrogens (primary N) is 1. The quantitative estimate of drug-likeness (QED) is 0.840. The van der Waals surface area contributed by atoms with E-state index in [-0.39, 0.29) is 22.9 Å². The van der Waals surface area contributed by atoms with Crippen molar-refractivity contribution >= 4 is 25.7 Å². The smallest absolute Gasteiger partial charge is 0.241 e. The molecule has 7 nitrogen and oxygen atoms in total. The van der Waals surface area contributed by atoms with Crippen LogP contribution in [0.3, 0.4) is 0 Å². The summed E-state index contributed by atoms with van der Waals surface area (Å²) >= 11 is 0. The van der Waals surface area contributed by atoms with E-state index in [1.54, 1.807) is 6.92 Å². The van der Waals surface area contributed by atoms with E-state index < -0.39 is 24.8 Å². The van der Waals surface area contributed by atoms with Crippen molar-refractivity contribution < 1.29 is 21.6 Å². The Morgan fingerprint density at radius 1 is 1.19 bits per heavy atom. The molecule has 0 heterocycles. The van der Waals surface area contributed by atoms with Gasteiger partial charge in [0.05, 0.1) is 17.0 Å². The molecule has 0 saturated carbocycles. The van der Waals surface area contributed by atoms with Gasteiger partial charge >= 0.3 is 0 Å². The second-order valence-corrected chi connectivity index (χ2v) is 9.32. The Hall–Kier alpha value is -1.32. The van der Waals surface area contributed by atoms with Gasteiger partial charge in [0, 0.05) is 0 Å². The third-order valence-corrected chi connectivity index (χ3v) is 5.66. The van der Waals surface area contributed by atoms with Gasteiger partial charge in [-0.25, -0.2) is 22.0 Å². The van der Waals surface area contributed by atoms with E-state index in [2.05, 4.69) is 4.72 Å². The Labute approximate surface area is 125 Å². The van der Waals surface area contributed by atoms with Crippen LogP contribution in [0.5, 0.6) is 5.75 Å². The minimum absolute atomic E-state index is 0.0821.